The molecule has 0 radical (unpaired) electrons. The molecule has 2 aromatic carbocycles. The molecule has 1 fully saturated rings. The van der Waals surface area contributed by atoms with Gasteiger partial charge in [-0.3, -0.25) is 19.3 Å². The van der Waals surface area contributed by atoms with Crippen LogP contribution in [0.2, 0.25) is 0 Å². The quantitative estimate of drug-likeness (QED) is 0.546. The second kappa shape index (κ2) is 9.57. The number of phenols is 1. The van der Waals surface area contributed by atoms with Gasteiger partial charge in [0.25, 0.3) is 11.1 Å². The van der Waals surface area contributed by atoms with Crippen LogP contribution < -0.4 is 10.1 Å². The Balaban J connectivity index is 1.76. The number of thioether (sulfide) groups is 1. The average molecular weight is 505 g/mol. The fraction of sp³-hybridized carbons (Fsp3) is 0.227. The summed E-state index contributed by atoms with van der Waals surface area (Å²) in [6.07, 6.45) is 1.53. The summed E-state index contributed by atoms with van der Waals surface area (Å²) in [6.45, 7) is 5.54. The fourth-order valence-corrected chi connectivity index (χ4v) is 4.23. The number of phenolic OH excluding ortho intramolecular Hbond substituents is 1. The first-order valence-electron chi connectivity index (χ1n) is 9.47. The number of ether oxygens (including phenoxy) is 1. The third-order valence-corrected chi connectivity index (χ3v) is 6.00. The Morgan fingerprint density at radius 3 is 2.71 bits per heavy atom. The van der Waals surface area contributed by atoms with Crippen LogP contribution in [0.3, 0.4) is 0 Å². The van der Waals surface area contributed by atoms with Crippen molar-refractivity contribution in [3.8, 4) is 11.5 Å². The minimum Gasteiger partial charge on any atom is -0.503 e. The Morgan fingerprint density at radius 2 is 2.00 bits per heavy atom. The molecular formula is C22H21BrN2O5S. The SMILES string of the molecule is CCOc1cc(/C=C2/SC(=O)N(CC(=O)Nc3cc(C)ccc3C)C2=O)cc(Br)c1O. The van der Waals surface area contributed by atoms with Crippen LogP contribution in [0, 0.1) is 13.8 Å². The molecule has 1 aliphatic heterocycles. The Kier molecular flexibility index (Phi) is 7.07. The van der Waals surface area contributed by atoms with Crippen molar-refractivity contribution in [3.05, 3.63) is 56.4 Å². The van der Waals surface area contributed by atoms with Gasteiger partial charge in [-0.2, -0.15) is 0 Å². The van der Waals surface area contributed by atoms with Crippen LogP contribution in [-0.4, -0.2) is 40.2 Å². The molecule has 0 aromatic heterocycles. The lowest BCUT2D eigenvalue weighted by Crippen LogP contribution is -2.36. The number of imide groups is 1. The summed E-state index contributed by atoms with van der Waals surface area (Å²) in [5, 5.41) is 12.3. The van der Waals surface area contributed by atoms with Crippen LogP contribution in [0.15, 0.2) is 39.7 Å². The number of nitrogens with one attached hydrogen (secondary N) is 1. The number of carbonyl (C=O) groups excluding carboxylic acids is 3. The van der Waals surface area contributed by atoms with E-state index in [4.69, 9.17) is 4.74 Å². The number of anilines is 1. The van der Waals surface area contributed by atoms with E-state index in [0.29, 0.717) is 22.3 Å². The zero-order valence-corrected chi connectivity index (χ0v) is 19.6. The number of rotatable bonds is 6. The molecule has 0 bridgehead atoms. The summed E-state index contributed by atoms with van der Waals surface area (Å²) in [4.78, 5) is 38.6. The highest BCUT2D eigenvalue weighted by Crippen LogP contribution is 2.38. The minimum absolute atomic E-state index is 0.0461. The topological polar surface area (TPSA) is 95.9 Å². The van der Waals surface area contributed by atoms with Gasteiger partial charge in [0.2, 0.25) is 5.91 Å². The van der Waals surface area contributed by atoms with E-state index in [0.717, 1.165) is 27.8 Å². The standard InChI is InChI=1S/C22H21BrN2O5S/c1-4-30-17-9-14(8-15(23)20(17)27)10-18-21(28)25(22(29)31-18)11-19(26)24-16-7-12(2)5-6-13(16)3/h5-10,27H,4,11H2,1-3H3,(H,24,26)/b18-10+. The van der Waals surface area contributed by atoms with Crippen molar-refractivity contribution < 1.29 is 24.2 Å². The molecule has 2 aromatic rings. The summed E-state index contributed by atoms with van der Waals surface area (Å²) in [6, 6.07) is 8.84. The van der Waals surface area contributed by atoms with Gasteiger partial charge in [-0.1, -0.05) is 12.1 Å². The summed E-state index contributed by atoms with van der Waals surface area (Å²) in [7, 11) is 0. The number of amides is 3. The van der Waals surface area contributed by atoms with E-state index in [1.807, 2.05) is 32.0 Å². The van der Waals surface area contributed by atoms with Gasteiger partial charge >= 0.3 is 0 Å². The highest BCUT2D eigenvalue weighted by atomic mass is 79.9. The predicted octanol–water partition coefficient (Wildman–Crippen LogP) is 4.85. The number of carbonyl (C=O) groups is 3. The van der Waals surface area contributed by atoms with Gasteiger partial charge in [-0.15, -0.1) is 0 Å². The molecule has 1 saturated heterocycles. The normalized spacial score (nSPS) is 15.0. The molecule has 0 unspecified atom stereocenters. The molecule has 9 heteroatoms. The summed E-state index contributed by atoms with van der Waals surface area (Å²) in [5.74, 6) is -0.790. The summed E-state index contributed by atoms with van der Waals surface area (Å²) in [5.41, 5.74) is 3.08. The van der Waals surface area contributed by atoms with E-state index in [9.17, 15) is 19.5 Å². The van der Waals surface area contributed by atoms with E-state index in [2.05, 4.69) is 21.2 Å². The van der Waals surface area contributed by atoms with Gasteiger partial charge in [0, 0.05) is 5.69 Å². The van der Waals surface area contributed by atoms with Crippen molar-refractivity contribution in [1.29, 1.82) is 0 Å². The maximum absolute atomic E-state index is 12.7. The molecular weight excluding hydrogens is 484 g/mol. The Morgan fingerprint density at radius 1 is 1.26 bits per heavy atom. The number of aromatic hydroxyl groups is 1. The Labute approximate surface area is 192 Å². The molecule has 1 aliphatic rings. The molecule has 7 nitrogen and oxygen atoms in total. The van der Waals surface area contributed by atoms with Crippen LogP contribution >= 0.6 is 27.7 Å². The van der Waals surface area contributed by atoms with Crippen LogP contribution in [0.1, 0.15) is 23.6 Å². The smallest absolute Gasteiger partial charge is 0.294 e. The van der Waals surface area contributed by atoms with Crippen molar-refractivity contribution in [2.24, 2.45) is 0 Å². The lowest BCUT2D eigenvalue weighted by atomic mass is 10.1. The first-order valence-corrected chi connectivity index (χ1v) is 11.1. The number of aryl methyl sites for hydroxylation is 2. The van der Waals surface area contributed by atoms with E-state index in [1.54, 1.807) is 19.1 Å². The van der Waals surface area contributed by atoms with Crippen LogP contribution in [-0.2, 0) is 9.59 Å². The first kappa shape index (κ1) is 22.9. The van der Waals surface area contributed by atoms with Crippen LogP contribution in [0.4, 0.5) is 10.5 Å². The van der Waals surface area contributed by atoms with Crippen molar-refractivity contribution in [2.45, 2.75) is 20.8 Å². The van der Waals surface area contributed by atoms with E-state index >= 15 is 0 Å². The van der Waals surface area contributed by atoms with Crippen molar-refractivity contribution in [3.63, 3.8) is 0 Å². The molecule has 2 N–H and O–H groups in total. The summed E-state index contributed by atoms with van der Waals surface area (Å²) < 4.78 is 5.79. The Hall–Kier alpha value is -2.78. The maximum Gasteiger partial charge on any atom is 0.294 e. The molecule has 0 atom stereocenters. The van der Waals surface area contributed by atoms with Crippen LogP contribution in [0.5, 0.6) is 11.5 Å². The number of hydrogen-bond donors (Lipinski definition) is 2. The number of hydrogen-bond acceptors (Lipinski definition) is 6. The molecule has 3 rings (SSSR count). The first-order chi connectivity index (χ1) is 14.7. The molecule has 162 valence electrons. The second-order valence-corrected chi connectivity index (χ2v) is 8.76. The molecule has 1 heterocycles. The van der Waals surface area contributed by atoms with E-state index < -0.39 is 17.1 Å². The van der Waals surface area contributed by atoms with Crippen molar-refractivity contribution >= 4 is 56.5 Å². The molecule has 0 saturated carbocycles. The second-order valence-electron chi connectivity index (χ2n) is 6.92. The van der Waals surface area contributed by atoms with Gasteiger partial charge < -0.3 is 15.2 Å². The maximum atomic E-state index is 12.7. The van der Waals surface area contributed by atoms with Crippen LogP contribution in [0.25, 0.3) is 6.08 Å². The number of nitrogens with zero attached hydrogens (tertiary/aromatic N) is 1. The van der Waals surface area contributed by atoms with Gasteiger partial charge in [-0.25, -0.2) is 0 Å². The third kappa shape index (κ3) is 5.29. The van der Waals surface area contributed by atoms with Gasteiger partial charge in [0.05, 0.1) is 16.0 Å². The molecule has 3 amide bonds. The number of benzene rings is 2. The zero-order chi connectivity index (χ0) is 22.7. The van der Waals surface area contributed by atoms with Gasteiger partial charge in [0.1, 0.15) is 6.54 Å². The lowest BCUT2D eigenvalue weighted by Gasteiger charge is -2.14. The zero-order valence-electron chi connectivity index (χ0n) is 17.2. The Bertz CT molecular complexity index is 1100. The highest BCUT2D eigenvalue weighted by Gasteiger charge is 2.36. The predicted molar refractivity (Wildman–Crippen MR) is 124 cm³/mol. The largest absolute Gasteiger partial charge is 0.503 e. The average Bonchev–Trinajstić information content (AvgIpc) is 2.96. The monoisotopic (exact) mass is 504 g/mol. The van der Waals surface area contributed by atoms with Crippen molar-refractivity contribution in [2.75, 3.05) is 18.5 Å². The van der Waals surface area contributed by atoms with Gasteiger partial charge in [0.15, 0.2) is 11.5 Å². The van der Waals surface area contributed by atoms with E-state index in [-0.39, 0.29) is 22.9 Å². The molecule has 0 aliphatic carbocycles. The molecule has 31 heavy (non-hydrogen) atoms. The highest BCUT2D eigenvalue weighted by molar-refractivity contribution is 9.10. The lowest BCUT2D eigenvalue weighted by molar-refractivity contribution is -0.127. The third-order valence-electron chi connectivity index (χ3n) is 4.49. The minimum atomic E-state index is -0.548. The van der Waals surface area contributed by atoms with Crippen molar-refractivity contribution in [1.82, 2.24) is 4.90 Å². The summed E-state index contributed by atoms with van der Waals surface area (Å²) >= 11 is 4.01. The van der Waals surface area contributed by atoms with Gasteiger partial charge in [-0.05, 0) is 89.4 Å². The molecule has 0 spiro atoms. The number of halogens is 1. The fourth-order valence-electron chi connectivity index (χ4n) is 2.93. The van der Waals surface area contributed by atoms with E-state index in [1.165, 1.54) is 6.08 Å².